The van der Waals surface area contributed by atoms with Gasteiger partial charge in [-0.1, -0.05) is 12.1 Å². The van der Waals surface area contributed by atoms with Gasteiger partial charge in [0.1, 0.15) is 0 Å². The fourth-order valence-electron chi connectivity index (χ4n) is 2.19. The molecule has 0 aromatic heterocycles. The summed E-state index contributed by atoms with van der Waals surface area (Å²) in [5.74, 6) is 0.835. The number of rotatable bonds is 5. The number of anilines is 1. The maximum Gasteiger partial charge on any atom is 0.338 e. The lowest BCUT2D eigenvalue weighted by Crippen LogP contribution is -2.14. The summed E-state index contributed by atoms with van der Waals surface area (Å²) >= 11 is 1.27. The van der Waals surface area contributed by atoms with Gasteiger partial charge in [-0.15, -0.1) is 11.8 Å². The van der Waals surface area contributed by atoms with Gasteiger partial charge in [0.2, 0.25) is 12.7 Å². The first-order chi connectivity index (χ1) is 11.7. The maximum absolute atomic E-state index is 12.1. The first-order valence-electron chi connectivity index (χ1n) is 7.17. The minimum Gasteiger partial charge on any atom is -0.465 e. The van der Waals surface area contributed by atoms with E-state index in [-0.39, 0.29) is 18.5 Å². The van der Waals surface area contributed by atoms with Gasteiger partial charge in [0.25, 0.3) is 0 Å². The van der Waals surface area contributed by atoms with Gasteiger partial charge in [-0.25, -0.2) is 4.79 Å². The third-order valence-corrected chi connectivity index (χ3v) is 4.38. The molecule has 1 heterocycles. The number of benzene rings is 2. The van der Waals surface area contributed by atoms with Crippen molar-refractivity contribution in [2.24, 2.45) is 0 Å². The average molecular weight is 345 g/mol. The van der Waals surface area contributed by atoms with Crippen molar-refractivity contribution in [1.29, 1.82) is 0 Å². The highest BCUT2D eigenvalue weighted by molar-refractivity contribution is 8.00. The van der Waals surface area contributed by atoms with E-state index >= 15 is 0 Å². The maximum atomic E-state index is 12.1. The summed E-state index contributed by atoms with van der Waals surface area (Å²) in [5, 5.41) is 2.79. The Morgan fingerprint density at radius 3 is 2.79 bits per heavy atom. The zero-order valence-electron chi connectivity index (χ0n) is 12.9. The van der Waals surface area contributed by atoms with Crippen molar-refractivity contribution in [1.82, 2.24) is 0 Å². The standard InChI is InChI=1S/C17H15NO5S/c1-21-17(20)12-4-2-3-5-15(12)24-9-16(19)18-11-6-7-13-14(8-11)23-10-22-13/h2-8H,9-10H2,1H3,(H,18,19). The van der Waals surface area contributed by atoms with Crippen LogP contribution in [0.25, 0.3) is 0 Å². The van der Waals surface area contributed by atoms with E-state index in [1.165, 1.54) is 18.9 Å². The summed E-state index contributed by atoms with van der Waals surface area (Å²) in [6, 6.07) is 12.2. The highest BCUT2D eigenvalue weighted by atomic mass is 32.2. The Morgan fingerprint density at radius 2 is 1.96 bits per heavy atom. The monoisotopic (exact) mass is 345 g/mol. The van der Waals surface area contributed by atoms with Gasteiger partial charge in [0.15, 0.2) is 11.5 Å². The molecule has 3 rings (SSSR count). The molecule has 0 fully saturated rings. The number of esters is 1. The van der Waals surface area contributed by atoms with Gasteiger partial charge in [-0.3, -0.25) is 4.79 Å². The molecule has 0 saturated carbocycles. The molecule has 1 N–H and O–H groups in total. The molecule has 6 nitrogen and oxygen atoms in total. The molecule has 2 aromatic carbocycles. The third kappa shape index (κ3) is 3.62. The molecule has 0 radical (unpaired) electrons. The van der Waals surface area contributed by atoms with E-state index in [2.05, 4.69) is 5.32 Å². The Morgan fingerprint density at radius 1 is 1.17 bits per heavy atom. The van der Waals surface area contributed by atoms with E-state index < -0.39 is 5.97 Å². The van der Waals surface area contributed by atoms with Crippen LogP contribution in [0.4, 0.5) is 5.69 Å². The lowest BCUT2D eigenvalue weighted by Gasteiger charge is -2.08. The van der Waals surface area contributed by atoms with Gasteiger partial charge in [-0.2, -0.15) is 0 Å². The molecule has 0 unspecified atom stereocenters. The van der Waals surface area contributed by atoms with E-state index in [4.69, 9.17) is 14.2 Å². The smallest absolute Gasteiger partial charge is 0.338 e. The molecule has 0 saturated heterocycles. The summed E-state index contributed by atoms with van der Waals surface area (Å²) in [4.78, 5) is 24.5. The summed E-state index contributed by atoms with van der Waals surface area (Å²) in [6.07, 6.45) is 0. The molecule has 24 heavy (non-hydrogen) atoms. The number of fused-ring (bicyclic) bond motifs is 1. The SMILES string of the molecule is COC(=O)c1ccccc1SCC(=O)Nc1ccc2c(c1)OCO2. The zero-order chi connectivity index (χ0) is 16.9. The van der Waals surface area contributed by atoms with Gasteiger partial charge >= 0.3 is 5.97 Å². The molecule has 1 amide bonds. The predicted molar refractivity (Wildman–Crippen MR) is 89.7 cm³/mol. The number of ether oxygens (including phenoxy) is 3. The fraction of sp³-hybridized carbons (Fsp3) is 0.176. The summed E-state index contributed by atoms with van der Waals surface area (Å²) in [5.41, 5.74) is 1.08. The van der Waals surface area contributed by atoms with E-state index in [0.717, 1.165) is 0 Å². The van der Waals surface area contributed by atoms with Crippen molar-refractivity contribution in [3.63, 3.8) is 0 Å². The second-order valence-corrected chi connectivity index (χ2v) is 5.91. The predicted octanol–water partition coefficient (Wildman–Crippen LogP) is 2.93. The van der Waals surface area contributed by atoms with Crippen LogP contribution in [0.15, 0.2) is 47.4 Å². The number of thioether (sulfide) groups is 1. The minimum atomic E-state index is -0.422. The van der Waals surface area contributed by atoms with Crippen molar-refractivity contribution in [2.75, 3.05) is 25.0 Å². The van der Waals surface area contributed by atoms with Crippen LogP contribution in [-0.4, -0.2) is 31.5 Å². The quantitative estimate of drug-likeness (QED) is 0.663. The lowest BCUT2D eigenvalue weighted by molar-refractivity contribution is -0.113. The Labute approximate surface area is 143 Å². The average Bonchev–Trinajstić information content (AvgIpc) is 3.07. The van der Waals surface area contributed by atoms with Crippen molar-refractivity contribution >= 4 is 29.3 Å². The molecule has 0 aliphatic carbocycles. The Kier molecular flexibility index (Phi) is 4.90. The van der Waals surface area contributed by atoms with Crippen molar-refractivity contribution in [3.8, 4) is 11.5 Å². The second-order valence-electron chi connectivity index (χ2n) is 4.89. The third-order valence-electron chi connectivity index (χ3n) is 3.31. The number of amides is 1. The molecule has 124 valence electrons. The summed E-state index contributed by atoms with van der Waals surface area (Å²) in [7, 11) is 1.33. The number of hydrogen-bond donors (Lipinski definition) is 1. The van der Waals surface area contributed by atoms with Crippen LogP contribution in [0.2, 0.25) is 0 Å². The lowest BCUT2D eigenvalue weighted by atomic mass is 10.2. The minimum absolute atomic E-state index is 0.169. The normalized spacial score (nSPS) is 11.9. The van der Waals surface area contributed by atoms with Crippen molar-refractivity contribution in [3.05, 3.63) is 48.0 Å². The largest absolute Gasteiger partial charge is 0.465 e. The number of carbonyl (C=O) groups is 2. The number of carbonyl (C=O) groups excluding carboxylic acids is 2. The number of nitrogens with one attached hydrogen (secondary N) is 1. The van der Waals surface area contributed by atoms with Gasteiger partial charge in [-0.05, 0) is 24.3 Å². The first-order valence-corrected chi connectivity index (χ1v) is 8.15. The first kappa shape index (κ1) is 16.2. The Balaban J connectivity index is 1.61. The van der Waals surface area contributed by atoms with Crippen LogP contribution in [0.5, 0.6) is 11.5 Å². The van der Waals surface area contributed by atoms with E-state index in [9.17, 15) is 9.59 Å². The van der Waals surface area contributed by atoms with Crippen LogP contribution in [-0.2, 0) is 9.53 Å². The van der Waals surface area contributed by atoms with Gasteiger partial charge in [0, 0.05) is 16.6 Å². The molecule has 2 aromatic rings. The zero-order valence-corrected chi connectivity index (χ0v) is 13.7. The molecular formula is C17H15NO5S. The Bertz CT molecular complexity index is 777. The Hall–Kier alpha value is -2.67. The molecule has 0 spiro atoms. The molecule has 0 bridgehead atoms. The van der Waals surface area contributed by atoms with Crippen LogP contribution in [0.1, 0.15) is 10.4 Å². The van der Waals surface area contributed by atoms with E-state index in [0.29, 0.717) is 27.6 Å². The van der Waals surface area contributed by atoms with Crippen LogP contribution in [0.3, 0.4) is 0 Å². The van der Waals surface area contributed by atoms with Gasteiger partial charge in [0.05, 0.1) is 18.4 Å². The van der Waals surface area contributed by atoms with Crippen molar-refractivity contribution < 1.29 is 23.8 Å². The number of hydrogen-bond acceptors (Lipinski definition) is 6. The highest BCUT2D eigenvalue weighted by Crippen LogP contribution is 2.34. The van der Waals surface area contributed by atoms with E-state index in [1.54, 1.807) is 36.4 Å². The topological polar surface area (TPSA) is 73.9 Å². The van der Waals surface area contributed by atoms with Crippen LogP contribution in [0, 0.1) is 0 Å². The highest BCUT2D eigenvalue weighted by Gasteiger charge is 2.15. The van der Waals surface area contributed by atoms with Gasteiger partial charge < -0.3 is 19.5 Å². The molecule has 7 heteroatoms. The molecule has 0 atom stereocenters. The second kappa shape index (κ2) is 7.27. The van der Waals surface area contributed by atoms with Crippen LogP contribution >= 0.6 is 11.8 Å². The number of methoxy groups -OCH3 is 1. The summed E-state index contributed by atoms with van der Waals surface area (Å²) in [6.45, 7) is 0.187. The molecule has 1 aliphatic heterocycles. The molecule has 1 aliphatic rings. The van der Waals surface area contributed by atoms with Crippen molar-refractivity contribution in [2.45, 2.75) is 4.90 Å². The molecular weight excluding hydrogens is 330 g/mol. The van der Waals surface area contributed by atoms with Crippen LogP contribution < -0.4 is 14.8 Å². The fourth-order valence-corrected chi connectivity index (χ4v) is 3.03. The van der Waals surface area contributed by atoms with E-state index in [1.807, 2.05) is 6.07 Å². The summed E-state index contributed by atoms with van der Waals surface area (Å²) < 4.78 is 15.2.